The van der Waals surface area contributed by atoms with E-state index in [2.05, 4.69) is 20.5 Å². The molecule has 1 amide bonds. The van der Waals surface area contributed by atoms with Crippen molar-refractivity contribution in [2.24, 2.45) is 0 Å². The molecule has 0 spiro atoms. The van der Waals surface area contributed by atoms with Crippen molar-refractivity contribution in [2.75, 3.05) is 17.3 Å². The summed E-state index contributed by atoms with van der Waals surface area (Å²) in [5.74, 6) is 0.645. The second-order valence-electron chi connectivity index (χ2n) is 5.63. The van der Waals surface area contributed by atoms with Gasteiger partial charge >= 0.3 is 0 Å². The van der Waals surface area contributed by atoms with Crippen molar-refractivity contribution in [1.29, 1.82) is 0 Å². The van der Waals surface area contributed by atoms with Gasteiger partial charge in [0.25, 0.3) is 0 Å². The maximum absolute atomic E-state index is 12.3. The van der Waals surface area contributed by atoms with E-state index in [0.717, 1.165) is 32.0 Å². The largest absolute Gasteiger partial charge is 0.363 e. The highest BCUT2D eigenvalue weighted by Gasteiger charge is 2.21. The smallest absolute Gasteiger partial charge is 0.230 e. The molecular formula is C17H19N5OS3. The molecule has 0 fully saturated rings. The van der Waals surface area contributed by atoms with Crippen LogP contribution in [0.25, 0.3) is 0 Å². The summed E-state index contributed by atoms with van der Waals surface area (Å²) in [7, 11) is 1.82. The molecule has 0 unspecified atom stereocenters. The van der Waals surface area contributed by atoms with E-state index in [1.807, 2.05) is 44.5 Å². The van der Waals surface area contributed by atoms with E-state index in [-0.39, 0.29) is 5.91 Å². The van der Waals surface area contributed by atoms with Gasteiger partial charge in [-0.2, -0.15) is 0 Å². The minimum absolute atomic E-state index is 0.0428. The second kappa shape index (κ2) is 8.15. The quantitative estimate of drug-likeness (QED) is 0.603. The number of thiazole rings is 1. The molecule has 0 aliphatic heterocycles. The predicted octanol–water partition coefficient (Wildman–Crippen LogP) is 4.63. The lowest BCUT2D eigenvalue weighted by molar-refractivity contribution is -0.115. The molecular weight excluding hydrogens is 386 g/mol. The molecule has 2 heterocycles. The Morgan fingerprint density at radius 1 is 1.27 bits per heavy atom. The van der Waals surface area contributed by atoms with Crippen LogP contribution in [0.1, 0.15) is 23.7 Å². The highest BCUT2D eigenvalue weighted by Crippen LogP contribution is 2.35. The lowest BCUT2D eigenvalue weighted by atomic mass is 10.1. The summed E-state index contributed by atoms with van der Waals surface area (Å²) in [6.07, 6.45) is 0. The Morgan fingerprint density at radius 2 is 2.00 bits per heavy atom. The zero-order valence-electron chi connectivity index (χ0n) is 14.9. The predicted molar refractivity (Wildman–Crippen MR) is 110 cm³/mol. The first-order chi connectivity index (χ1) is 12.5. The van der Waals surface area contributed by atoms with E-state index in [4.69, 9.17) is 0 Å². The number of thioether (sulfide) groups is 1. The molecule has 0 saturated heterocycles. The van der Waals surface area contributed by atoms with Crippen LogP contribution in [0.3, 0.4) is 0 Å². The lowest BCUT2D eigenvalue weighted by Crippen LogP contribution is -2.24. The van der Waals surface area contributed by atoms with Crippen LogP contribution >= 0.6 is 34.4 Å². The summed E-state index contributed by atoms with van der Waals surface area (Å²) < 4.78 is 0.891. The number of benzene rings is 1. The molecule has 136 valence electrons. The number of nitrogens with zero attached hydrogens (tertiary/aromatic N) is 4. The molecule has 2 aromatic heterocycles. The SMILES string of the molecule is CNc1nnc(SCc2csc(N(C(C)=O)c3c(C)cccc3C)n2)s1. The number of hydrogen-bond donors (Lipinski definition) is 1. The van der Waals surface area contributed by atoms with Crippen LogP contribution < -0.4 is 10.2 Å². The van der Waals surface area contributed by atoms with Gasteiger partial charge in [0.2, 0.25) is 11.0 Å². The first-order valence-electron chi connectivity index (χ1n) is 7.95. The number of carbonyl (C=O) groups excluding carboxylic acids is 1. The van der Waals surface area contributed by atoms with E-state index >= 15 is 0 Å². The Kier molecular flexibility index (Phi) is 5.90. The van der Waals surface area contributed by atoms with Crippen molar-refractivity contribution >= 4 is 56.3 Å². The molecule has 0 aliphatic carbocycles. The van der Waals surface area contributed by atoms with E-state index in [0.29, 0.717) is 10.9 Å². The Hall–Kier alpha value is -1.97. The topological polar surface area (TPSA) is 71.0 Å². The number of aromatic nitrogens is 3. The summed E-state index contributed by atoms with van der Waals surface area (Å²) in [4.78, 5) is 18.7. The van der Waals surface area contributed by atoms with Gasteiger partial charge in [-0.05, 0) is 25.0 Å². The fraction of sp³-hybridized carbons (Fsp3) is 0.294. The number of rotatable bonds is 6. The van der Waals surface area contributed by atoms with Gasteiger partial charge < -0.3 is 5.32 Å². The second-order valence-corrected chi connectivity index (χ2v) is 8.66. The number of anilines is 3. The van der Waals surface area contributed by atoms with Crippen molar-refractivity contribution in [1.82, 2.24) is 15.2 Å². The Bertz CT molecular complexity index is 901. The number of amides is 1. The van der Waals surface area contributed by atoms with Gasteiger partial charge in [0.1, 0.15) is 0 Å². The first-order valence-corrected chi connectivity index (χ1v) is 10.6. The minimum atomic E-state index is -0.0428. The van der Waals surface area contributed by atoms with Crippen LogP contribution in [0.2, 0.25) is 0 Å². The average molecular weight is 406 g/mol. The lowest BCUT2D eigenvalue weighted by Gasteiger charge is -2.22. The molecule has 0 atom stereocenters. The molecule has 0 saturated carbocycles. The summed E-state index contributed by atoms with van der Waals surface area (Å²) >= 11 is 4.58. The van der Waals surface area contributed by atoms with Gasteiger partial charge in [0.05, 0.1) is 11.4 Å². The summed E-state index contributed by atoms with van der Waals surface area (Å²) in [6, 6.07) is 6.02. The third-order valence-electron chi connectivity index (χ3n) is 3.67. The normalized spacial score (nSPS) is 10.8. The van der Waals surface area contributed by atoms with Gasteiger partial charge in [0.15, 0.2) is 9.47 Å². The van der Waals surface area contributed by atoms with Crippen molar-refractivity contribution in [3.63, 3.8) is 0 Å². The maximum Gasteiger partial charge on any atom is 0.230 e. The van der Waals surface area contributed by atoms with Crippen LogP contribution in [0.4, 0.5) is 16.0 Å². The number of aryl methyl sites for hydroxylation is 2. The van der Waals surface area contributed by atoms with E-state index < -0.39 is 0 Å². The van der Waals surface area contributed by atoms with Gasteiger partial charge in [0, 0.05) is 25.1 Å². The third-order valence-corrected chi connectivity index (χ3v) is 6.66. The molecule has 0 aliphatic rings. The molecule has 0 bridgehead atoms. The van der Waals surface area contributed by atoms with E-state index in [9.17, 15) is 4.79 Å². The van der Waals surface area contributed by atoms with E-state index in [1.165, 1.54) is 22.7 Å². The van der Waals surface area contributed by atoms with Crippen molar-refractivity contribution < 1.29 is 4.79 Å². The number of nitrogens with one attached hydrogen (secondary N) is 1. The fourth-order valence-corrected chi connectivity index (χ4v) is 5.09. The van der Waals surface area contributed by atoms with Gasteiger partial charge in [-0.1, -0.05) is 41.3 Å². The number of para-hydroxylation sites is 1. The first kappa shape index (κ1) is 18.8. The zero-order valence-corrected chi connectivity index (χ0v) is 17.4. The van der Waals surface area contributed by atoms with Crippen molar-refractivity contribution in [3.05, 3.63) is 40.4 Å². The van der Waals surface area contributed by atoms with Crippen LogP contribution in [0, 0.1) is 13.8 Å². The Balaban J connectivity index is 1.81. The summed E-state index contributed by atoms with van der Waals surface area (Å²) in [5, 5.41) is 14.6. The van der Waals surface area contributed by atoms with Crippen molar-refractivity contribution in [3.8, 4) is 0 Å². The highest BCUT2D eigenvalue weighted by atomic mass is 32.2. The van der Waals surface area contributed by atoms with Crippen LogP contribution in [0.5, 0.6) is 0 Å². The summed E-state index contributed by atoms with van der Waals surface area (Å²) in [6.45, 7) is 5.59. The number of carbonyl (C=O) groups is 1. The van der Waals surface area contributed by atoms with E-state index in [1.54, 1.807) is 23.6 Å². The van der Waals surface area contributed by atoms with Crippen LogP contribution in [-0.4, -0.2) is 28.1 Å². The van der Waals surface area contributed by atoms with Crippen molar-refractivity contribution in [2.45, 2.75) is 30.9 Å². The monoisotopic (exact) mass is 405 g/mol. The van der Waals surface area contributed by atoms with Crippen LogP contribution in [-0.2, 0) is 10.5 Å². The maximum atomic E-state index is 12.3. The Labute approximate surface area is 164 Å². The van der Waals surface area contributed by atoms with Crippen LogP contribution in [0.15, 0.2) is 27.9 Å². The van der Waals surface area contributed by atoms with Gasteiger partial charge in [-0.25, -0.2) is 4.98 Å². The molecule has 26 heavy (non-hydrogen) atoms. The Morgan fingerprint density at radius 3 is 2.62 bits per heavy atom. The summed E-state index contributed by atoms with van der Waals surface area (Å²) in [5.41, 5.74) is 3.95. The van der Waals surface area contributed by atoms with Gasteiger partial charge in [-0.15, -0.1) is 21.5 Å². The zero-order chi connectivity index (χ0) is 18.7. The molecule has 6 nitrogen and oxygen atoms in total. The standard InChI is InChI=1S/C17H19N5OS3/c1-10-6-5-7-11(2)14(10)22(12(3)23)16-19-13(8-24-16)9-25-17-21-20-15(18-4)26-17/h5-8H,9H2,1-4H3,(H,18,20). The van der Waals surface area contributed by atoms with Gasteiger partial charge in [-0.3, -0.25) is 9.69 Å². The molecule has 3 rings (SSSR count). The number of hydrogen-bond acceptors (Lipinski definition) is 8. The molecule has 1 N–H and O–H groups in total. The molecule has 9 heteroatoms. The third kappa shape index (κ3) is 4.05. The molecule has 1 aromatic carbocycles. The minimum Gasteiger partial charge on any atom is -0.363 e. The average Bonchev–Trinajstić information content (AvgIpc) is 3.25. The fourth-order valence-electron chi connectivity index (χ4n) is 2.52. The highest BCUT2D eigenvalue weighted by molar-refractivity contribution is 8.00. The molecule has 0 radical (unpaired) electrons. The molecule has 3 aromatic rings.